The van der Waals surface area contributed by atoms with Crippen LogP contribution in [-0.4, -0.2) is 6.61 Å². The normalized spacial score (nSPS) is 12.2. The Bertz CT molecular complexity index is 553. The molecule has 0 aliphatic rings. The highest BCUT2D eigenvalue weighted by Gasteiger charge is 2.12. The molecule has 0 spiro atoms. The number of anilines is 1. The molecule has 2 aromatic rings. The predicted molar refractivity (Wildman–Crippen MR) is 83.7 cm³/mol. The molecule has 0 bridgehead atoms. The van der Waals surface area contributed by atoms with Crippen molar-refractivity contribution in [2.24, 2.45) is 0 Å². The van der Waals surface area contributed by atoms with Gasteiger partial charge in [-0.15, -0.1) is 11.3 Å². The third kappa shape index (κ3) is 3.43. The van der Waals surface area contributed by atoms with Crippen LogP contribution in [0.1, 0.15) is 30.3 Å². The average Bonchev–Trinajstić information content (AvgIpc) is 2.79. The van der Waals surface area contributed by atoms with Crippen LogP contribution < -0.4 is 10.1 Å². The second kappa shape index (κ2) is 6.31. The van der Waals surface area contributed by atoms with Gasteiger partial charge in [0.25, 0.3) is 0 Å². The van der Waals surface area contributed by atoms with Crippen molar-refractivity contribution in [1.82, 2.24) is 0 Å². The topological polar surface area (TPSA) is 21.3 Å². The minimum atomic E-state index is 0.234. The van der Waals surface area contributed by atoms with Crippen LogP contribution in [0, 0.1) is 6.92 Å². The minimum Gasteiger partial charge on any atom is -0.492 e. The van der Waals surface area contributed by atoms with Gasteiger partial charge in [-0.1, -0.05) is 11.6 Å². The maximum atomic E-state index is 6.06. The lowest BCUT2D eigenvalue weighted by atomic mass is 10.2. The quantitative estimate of drug-likeness (QED) is 0.810. The Kier molecular flexibility index (Phi) is 4.72. The van der Waals surface area contributed by atoms with Gasteiger partial charge in [0.1, 0.15) is 5.75 Å². The van der Waals surface area contributed by atoms with Crippen LogP contribution >= 0.6 is 22.9 Å². The van der Waals surface area contributed by atoms with E-state index >= 15 is 0 Å². The summed E-state index contributed by atoms with van der Waals surface area (Å²) in [5.74, 6) is 0.841. The smallest absolute Gasteiger partial charge is 0.142 e. The molecule has 4 heteroatoms. The van der Waals surface area contributed by atoms with Crippen LogP contribution in [0.2, 0.25) is 5.02 Å². The Hall–Kier alpha value is -1.19. The zero-order valence-electron chi connectivity index (χ0n) is 11.4. The second-order valence-corrected chi connectivity index (χ2v) is 5.79. The Morgan fingerprint density at radius 3 is 2.79 bits per heavy atom. The summed E-state index contributed by atoms with van der Waals surface area (Å²) >= 11 is 7.83. The third-order valence-electron chi connectivity index (χ3n) is 2.91. The van der Waals surface area contributed by atoms with E-state index in [-0.39, 0.29) is 6.04 Å². The number of aryl methyl sites for hydroxylation is 1. The molecule has 1 aromatic heterocycles. The van der Waals surface area contributed by atoms with Crippen LogP contribution in [0.25, 0.3) is 0 Å². The highest BCUT2D eigenvalue weighted by Crippen LogP contribution is 2.33. The van der Waals surface area contributed by atoms with Crippen LogP contribution in [0.4, 0.5) is 5.69 Å². The lowest BCUT2D eigenvalue weighted by Gasteiger charge is -2.18. The number of hydrogen-bond acceptors (Lipinski definition) is 3. The number of rotatable bonds is 5. The van der Waals surface area contributed by atoms with Crippen LogP contribution in [0.5, 0.6) is 5.75 Å². The molecular weight excluding hydrogens is 278 g/mol. The number of benzene rings is 1. The van der Waals surface area contributed by atoms with Gasteiger partial charge in [0, 0.05) is 9.90 Å². The molecule has 1 aromatic carbocycles. The van der Waals surface area contributed by atoms with E-state index in [1.54, 1.807) is 11.3 Å². The minimum absolute atomic E-state index is 0.234. The molecule has 2 rings (SSSR count). The van der Waals surface area contributed by atoms with E-state index in [0.29, 0.717) is 11.6 Å². The van der Waals surface area contributed by atoms with Crippen molar-refractivity contribution in [2.75, 3.05) is 11.9 Å². The zero-order chi connectivity index (χ0) is 13.8. The van der Waals surface area contributed by atoms with E-state index in [2.05, 4.69) is 30.6 Å². The summed E-state index contributed by atoms with van der Waals surface area (Å²) in [4.78, 5) is 1.34. The summed E-state index contributed by atoms with van der Waals surface area (Å²) in [6.45, 7) is 6.90. The molecule has 2 nitrogen and oxygen atoms in total. The summed E-state index contributed by atoms with van der Waals surface area (Å²) in [5.41, 5.74) is 2.25. The largest absolute Gasteiger partial charge is 0.492 e. The fourth-order valence-corrected chi connectivity index (χ4v) is 3.13. The first-order chi connectivity index (χ1) is 9.11. The van der Waals surface area contributed by atoms with E-state index in [1.807, 2.05) is 25.1 Å². The molecule has 1 N–H and O–H groups in total. The van der Waals surface area contributed by atoms with Crippen molar-refractivity contribution in [3.05, 3.63) is 45.1 Å². The van der Waals surface area contributed by atoms with Gasteiger partial charge in [-0.25, -0.2) is 0 Å². The molecule has 19 heavy (non-hydrogen) atoms. The van der Waals surface area contributed by atoms with Gasteiger partial charge in [-0.3, -0.25) is 0 Å². The van der Waals surface area contributed by atoms with Crippen molar-refractivity contribution in [3.63, 3.8) is 0 Å². The van der Waals surface area contributed by atoms with Crippen molar-refractivity contribution >= 4 is 28.6 Å². The maximum Gasteiger partial charge on any atom is 0.142 e. The van der Waals surface area contributed by atoms with Crippen LogP contribution in [0.3, 0.4) is 0 Å². The Balaban J connectivity index is 2.22. The molecule has 0 fully saturated rings. The first-order valence-corrected chi connectivity index (χ1v) is 7.60. The monoisotopic (exact) mass is 295 g/mol. The second-order valence-electron chi connectivity index (χ2n) is 4.41. The van der Waals surface area contributed by atoms with Crippen LogP contribution in [0.15, 0.2) is 29.6 Å². The van der Waals surface area contributed by atoms with E-state index in [1.165, 1.54) is 10.4 Å². The van der Waals surface area contributed by atoms with Crippen molar-refractivity contribution in [3.8, 4) is 5.75 Å². The molecule has 0 aliphatic carbocycles. The maximum absolute atomic E-state index is 6.06. The average molecular weight is 296 g/mol. The Labute approximate surface area is 123 Å². The molecule has 0 amide bonds. The fraction of sp³-hybridized carbons (Fsp3) is 0.333. The first kappa shape index (κ1) is 14.2. The molecule has 102 valence electrons. The van der Waals surface area contributed by atoms with Gasteiger partial charge in [0.2, 0.25) is 0 Å². The summed E-state index contributed by atoms with van der Waals surface area (Å²) in [6.07, 6.45) is 0. The van der Waals surface area contributed by atoms with Crippen LogP contribution in [-0.2, 0) is 0 Å². The van der Waals surface area contributed by atoms with Crippen molar-refractivity contribution in [1.29, 1.82) is 0 Å². The summed E-state index contributed by atoms with van der Waals surface area (Å²) in [7, 11) is 0. The molecular formula is C15H18ClNOS. The van der Waals surface area contributed by atoms with Gasteiger partial charge in [0.05, 0.1) is 18.3 Å². The first-order valence-electron chi connectivity index (χ1n) is 6.34. The number of nitrogens with one attached hydrogen (secondary N) is 1. The number of thiophene rings is 1. The number of halogens is 1. The molecule has 1 heterocycles. The van der Waals surface area contributed by atoms with E-state index in [9.17, 15) is 0 Å². The standard InChI is InChI=1S/C15H18ClNOS/c1-4-18-14-6-5-12(16)9-13(14)17-11(3)15-10(2)7-8-19-15/h5-9,11,17H,4H2,1-3H3. The molecule has 1 atom stereocenters. The van der Waals surface area contributed by atoms with E-state index in [4.69, 9.17) is 16.3 Å². The Morgan fingerprint density at radius 1 is 1.37 bits per heavy atom. The molecule has 0 saturated carbocycles. The predicted octanol–water partition coefficient (Wildman–Crippen LogP) is 5.28. The van der Waals surface area contributed by atoms with Gasteiger partial charge >= 0.3 is 0 Å². The molecule has 0 aliphatic heterocycles. The van der Waals surface area contributed by atoms with Crippen molar-refractivity contribution < 1.29 is 4.74 Å². The summed E-state index contributed by atoms with van der Waals surface area (Å²) < 4.78 is 5.62. The molecule has 0 saturated heterocycles. The van der Waals surface area contributed by atoms with Gasteiger partial charge in [-0.05, 0) is 56.0 Å². The lowest BCUT2D eigenvalue weighted by Crippen LogP contribution is -2.08. The Morgan fingerprint density at radius 2 is 2.16 bits per heavy atom. The summed E-state index contributed by atoms with van der Waals surface area (Å²) in [5, 5.41) is 6.30. The SMILES string of the molecule is CCOc1ccc(Cl)cc1NC(C)c1sccc1C. The highest BCUT2D eigenvalue weighted by atomic mass is 35.5. The van der Waals surface area contributed by atoms with E-state index < -0.39 is 0 Å². The molecule has 1 unspecified atom stereocenters. The lowest BCUT2D eigenvalue weighted by molar-refractivity contribution is 0.341. The van der Waals surface area contributed by atoms with Gasteiger partial charge in [0.15, 0.2) is 0 Å². The third-order valence-corrected chi connectivity index (χ3v) is 4.35. The van der Waals surface area contributed by atoms with Gasteiger partial charge < -0.3 is 10.1 Å². The number of hydrogen-bond donors (Lipinski definition) is 1. The highest BCUT2D eigenvalue weighted by molar-refractivity contribution is 7.10. The molecule has 0 radical (unpaired) electrons. The summed E-state index contributed by atoms with van der Waals surface area (Å²) in [6, 6.07) is 8.03. The van der Waals surface area contributed by atoms with Crippen molar-refractivity contribution in [2.45, 2.75) is 26.8 Å². The zero-order valence-corrected chi connectivity index (χ0v) is 12.9. The van der Waals surface area contributed by atoms with Gasteiger partial charge in [-0.2, -0.15) is 0 Å². The fourth-order valence-electron chi connectivity index (χ4n) is 2.02. The number of ether oxygens (including phenoxy) is 1. The van der Waals surface area contributed by atoms with E-state index in [0.717, 1.165) is 11.4 Å².